The van der Waals surface area contributed by atoms with E-state index in [9.17, 15) is 22.4 Å². The summed E-state index contributed by atoms with van der Waals surface area (Å²) in [7, 11) is 0. The van der Waals surface area contributed by atoms with Crippen LogP contribution in [0.5, 0.6) is 5.75 Å². The van der Waals surface area contributed by atoms with Crippen LogP contribution in [-0.4, -0.2) is 18.7 Å². The average Bonchev–Trinajstić information content (AvgIpc) is 2.31. The third-order valence-electron chi connectivity index (χ3n) is 2.59. The topological polar surface area (TPSA) is 35.5 Å². The lowest BCUT2D eigenvalue weighted by Crippen LogP contribution is -2.19. The first-order valence-corrected chi connectivity index (χ1v) is 6.36. The molecule has 0 heterocycles. The van der Waals surface area contributed by atoms with Gasteiger partial charge in [0.05, 0.1) is 6.10 Å². The Balaban J connectivity index is 2.97. The Hall–Kier alpha value is -1.79. The Morgan fingerprint density at radius 1 is 1.19 bits per heavy atom. The first-order valence-electron chi connectivity index (χ1n) is 6.36. The van der Waals surface area contributed by atoms with Crippen LogP contribution in [0.2, 0.25) is 0 Å². The molecule has 0 amide bonds. The van der Waals surface area contributed by atoms with Crippen LogP contribution in [0.25, 0.3) is 0 Å². The first kappa shape index (κ1) is 17.3. The van der Waals surface area contributed by atoms with E-state index >= 15 is 0 Å². The molecule has 0 spiro atoms. The molecule has 21 heavy (non-hydrogen) atoms. The zero-order valence-electron chi connectivity index (χ0n) is 11.8. The molecular weight excluding hydrogens is 292 g/mol. The quantitative estimate of drug-likeness (QED) is 0.585. The maximum absolute atomic E-state index is 13.9. The lowest BCUT2D eigenvalue weighted by molar-refractivity contribution is -0.0524. The molecule has 0 radical (unpaired) electrons. The van der Waals surface area contributed by atoms with Gasteiger partial charge in [-0.1, -0.05) is 13.8 Å². The zero-order valence-corrected chi connectivity index (χ0v) is 11.8. The number of benzene rings is 1. The second-order valence-corrected chi connectivity index (χ2v) is 4.96. The smallest absolute Gasteiger partial charge is 0.387 e. The van der Waals surface area contributed by atoms with E-state index in [1.807, 2.05) is 13.8 Å². The van der Waals surface area contributed by atoms with Gasteiger partial charge in [0, 0.05) is 0 Å². The normalized spacial score (nSPS) is 12.6. The molecule has 1 aromatic rings. The van der Waals surface area contributed by atoms with Crippen molar-refractivity contribution in [3.63, 3.8) is 0 Å². The first-order chi connectivity index (χ1) is 9.72. The highest BCUT2D eigenvalue weighted by molar-refractivity contribution is 5.90. The van der Waals surface area contributed by atoms with Gasteiger partial charge in [-0.15, -0.1) is 0 Å². The lowest BCUT2D eigenvalue weighted by atomic mass is 10.1. The molecule has 0 aliphatic carbocycles. The number of alkyl halides is 2. The van der Waals surface area contributed by atoms with Gasteiger partial charge in [0.2, 0.25) is 0 Å². The van der Waals surface area contributed by atoms with Crippen molar-refractivity contribution in [2.75, 3.05) is 0 Å². The molecule has 1 unspecified atom stereocenters. The maximum atomic E-state index is 13.9. The van der Waals surface area contributed by atoms with Crippen molar-refractivity contribution in [1.82, 2.24) is 0 Å². The van der Waals surface area contributed by atoms with Gasteiger partial charge < -0.3 is 9.47 Å². The molecule has 0 aliphatic heterocycles. The number of rotatable bonds is 6. The Labute approximate surface area is 119 Å². The van der Waals surface area contributed by atoms with Gasteiger partial charge in [0.25, 0.3) is 0 Å². The highest BCUT2D eigenvalue weighted by atomic mass is 19.3. The number of hydrogen-bond donors (Lipinski definition) is 0. The molecule has 118 valence electrons. The molecule has 0 bridgehead atoms. The van der Waals surface area contributed by atoms with Gasteiger partial charge in [-0.05, 0) is 31.4 Å². The molecule has 0 N–H and O–H groups in total. The third kappa shape index (κ3) is 4.91. The zero-order chi connectivity index (χ0) is 16.2. The minimum atomic E-state index is -3.28. The van der Waals surface area contributed by atoms with Crippen molar-refractivity contribution in [2.45, 2.75) is 39.9 Å². The van der Waals surface area contributed by atoms with E-state index in [0.29, 0.717) is 18.6 Å². The molecule has 1 rings (SSSR count). The predicted octanol–water partition coefficient (Wildman–Crippen LogP) is 4.16. The van der Waals surface area contributed by atoms with Crippen LogP contribution in [0.15, 0.2) is 12.1 Å². The predicted molar refractivity (Wildman–Crippen MR) is 67.3 cm³/mol. The summed E-state index contributed by atoms with van der Waals surface area (Å²) in [6.07, 6.45) is -0.0571. The van der Waals surface area contributed by atoms with E-state index < -0.39 is 41.6 Å². The van der Waals surface area contributed by atoms with Gasteiger partial charge in [-0.2, -0.15) is 8.78 Å². The van der Waals surface area contributed by atoms with E-state index in [2.05, 4.69) is 4.74 Å². The molecule has 0 saturated heterocycles. The summed E-state index contributed by atoms with van der Waals surface area (Å²) in [6.45, 7) is 2.08. The SMILES string of the molecule is CC(C)CC(C)OC(=O)c1c(F)ccc(OC(F)F)c1F. The Morgan fingerprint density at radius 3 is 2.33 bits per heavy atom. The minimum Gasteiger partial charge on any atom is -0.459 e. The Kier molecular flexibility index (Phi) is 5.99. The van der Waals surface area contributed by atoms with Crippen LogP contribution < -0.4 is 4.74 Å². The van der Waals surface area contributed by atoms with Crippen molar-refractivity contribution >= 4 is 5.97 Å². The van der Waals surface area contributed by atoms with Gasteiger partial charge in [0.15, 0.2) is 11.6 Å². The van der Waals surface area contributed by atoms with Crippen molar-refractivity contribution in [3.05, 3.63) is 29.3 Å². The fourth-order valence-corrected chi connectivity index (χ4v) is 1.86. The van der Waals surface area contributed by atoms with Gasteiger partial charge in [0.1, 0.15) is 11.4 Å². The lowest BCUT2D eigenvalue weighted by Gasteiger charge is -2.16. The summed E-state index contributed by atoms with van der Waals surface area (Å²) in [5.41, 5.74) is -1.04. The van der Waals surface area contributed by atoms with E-state index in [0.717, 1.165) is 0 Å². The van der Waals surface area contributed by atoms with Crippen LogP contribution >= 0.6 is 0 Å². The summed E-state index contributed by atoms with van der Waals surface area (Å²) in [6, 6.07) is 1.36. The molecular formula is C14H16F4O3. The van der Waals surface area contributed by atoms with Crippen molar-refractivity contribution in [1.29, 1.82) is 0 Å². The number of ether oxygens (including phenoxy) is 2. The fraction of sp³-hybridized carbons (Fsp3) is 0.500. The summed E-state index contributed by atoms with van der Waals surface area (Å²) in [4.78, 5) is 11.8. The van der Waals surface area contributed by atoms with E-state index in [1.165, 1.54) is 0 Å². The molecule has 0 aliphatic rings. The Bertz CT molecular complexity index is 503. The molecule has 3 nitrogen and oxygen atoms in total. The van der Waals surface area contributed by atoms with Crippen LogP contribution in [0.4, 0.5) is 17.6 Å². The summed E-state index contributed by atoms with van der Waals surface area (Å²) >= 11 is 0. The highest BCUT2D eigenvalue weighted by Crippen LogP contribution is 2.26. The van der Waals surface area contributed by atoms with E-state index in [-0.39, 0.29) is 5.92 Å². The number of esters is 1. The third-order valence-corrected chi connectivity index (χ3v) is 2.59. The van der Waals surface area contributed by atoms with E-state index in [4.69, 9.17) is 4.74 Å². The van der Waals surface area contributed by atoms with Gasteiger partial charge in [-0.3, -0.25) is 0 Å². The van der Waals surface area contributed by atoms with Crippen LogP contribution in [0.3, 0.4) is 0 Å². The second-order valence-electron chi connectivity index (χ2n) is 4.96. The van der Waals surface area contributed by atoms with Crippen LogP contribution in [0.1, 0.15) is 37.6 Å². The molecule has 0 aromatic heterocycles. The molecule has 0 saturated carbocycles. The number of carbonyl (C=O) groups excluding carboxylic acids is 1. The van der Waals surface area contributed by atoms with E-state index in [1.54, 1.807) is 6.92 Å². The fourth-order valence-electron chi connectivity index (χ4n) is 1.86. The maximum Gasteiger partial charge on any atom is 0.387 e. The van der Waals surface area contributed by atoms with Crippen LogP contribution in [0, 0.1) is 17.6 Å². The highest BCUT2D eigenvalue weighted by Gasteiger charge is 2.25. The standard InChI is InChI=1S/C14H16F4O3/c1-7(2)6-8(3)20-13(19)11-9(15)4-5-10(12(11)16)21-14(17)18/h4-5,7-8,14H,6H2,1-3H3. The Morgan fingerprint density at radius 2 is 1.81 bits per heavy atom. The number of carbonyl (C=O) groups is 1. The van der Waals surface area contributed by atoms with Crippen molar-refractivity contribution in [3.8, 4) is 5.75 Å². The number of hydrogen-bond acceptors (Lipinski definition) is 3. The number of halogens is 4. The van der Waals surface area contributed by atoms with Crippen molar-refractivity contribution in [2.24, 2.45) is 5.92 Å². The van der Waals surface area contributed by atoms with Gasteiger partial charge >= 0.3 is 12.6 Å². The average molecular weight is 308 g/mol. The second kappa shape index (κ2) is 7.28. The summed E-state index contributed by atoms with van der Waals surface area (Å²) < 4.78 is 60.4. The molecule has 1 aromatic carbocycles. The largest absolute Gasteiger partial charge is 0.459 e. The monoisotopic (exact) mass is 308 g/mol. The molecule has 0 fully saturated rings. The minimum absolute atomic E-state index is 0.219. The van der Waals surface area contributed by atoms with Crippen LogP contribution in [-0.2, 0) is 4.74 Å². The molecule has 1 atom stereocenters. The summed E-state index contributed by atoms with van der Waals surface area (Å²) in [5, 5.41) is 0. The van der Waals surface area contributed by atoms with Crippen molar-refractivity contribution < 1.29 is 31.8 Å². The summed E-state index contributed by atoms with van der Waals surface area (Å²) in [5.74, 6) is -4.64. The van der Waals surface area contributed by atoms with Gasteiger partial charge in [-0.25, -0.2) is 13.6 Å². The molecule has 7 heteroatoms.